The van der Waals surface area contributed by atoms with Gasteiger partial charge in [0, 0.05) is 24.0 Å². The van der Waals surface area contributed by atoms with Crippen molar-refractivity contribution in [1.29, 1.82) is 0 Å². The van der Waals surface area contributed by atoms with Gasteiger partial charge in [0.1, 0.15) is 17.6 Å². The third-order valence-corrected chi connectivity index (χ3v) is 6.20. The lowest BCUT2D eigenvalue weighted by molar-refractivity contribution is -0.364. The smallest absolute Gasteiger partial charge is 0.272 e. The molecule has 3 heterocycles. The number of morpholine rings is 1. The first-order valence-electron chi connectivity index (χ1n) is 7.02. The van der Waals surface area contributed by atoms with Crippen LogP contribution in [0.3, 0.4) is 0 Å². The molecule has 0 unspecified atom stereocenters. The summed E-state index contributed by atoms with van der Waals surface area (Å²) in [6.45, 7) is 2.41. The zero-order valence-corrected chi connectivity index (χ0v) is 13.6. The molecule has 0 saturated carbocycles. The summed E-state index contributed by atoms with van der Waals surface area (Å²) in [7, 11) is -3.44. The molecule has 6 nitrogen and oxygen atoms in total. The Morgan fingerprint density at radius 1 is 1.27 bits per heavy atom. The van der Waals surface area contributed by atoms with Gasteiger partial charge in [-0.2, -0.15) is 4.31 Å². The van der Waals surface area contributed by atoms with Crippen LogP contribution in [0, 0.1) is 0 Å². The van der Waals surface area contributed by atoms with Gasteiger partial charge in [-0.25, -0.2) is 13.4 Å². The Bertz CT molecular complexity index is 693. The molecule has 1 aliphatic heterocycles. The summed E-state index contributed by atoms with van der Waals surface area (Å²) in [6.07, 6.45) is 1.53. The van der Waals surface area contributed by atoms with Crippen molar-refractivity contribution in [2.45, 2.75) is 11.4 Å². The summed E-state index contributed by atoms with van der Waals surface area (Å²) >= 11 is 1.68. The van der Waals surface area contributed by atoms with Gasteiger partial charge in [0.05, 0.1) is 13.2 Å². The maximum absolute atomic E-state index is 12.5. The predicted octanol–water partition coefficient (Wildman–Crippen LogP) is 1.20. The van der Waals surface area contributed by atoms with Crippen molar-refractivity contribution in [3.05, 3.63) is 40.7 Å². The molecule has 2 N–H and O–H groups in total. The first kappa shape index (κ1) is 15.4. The van der Waals surface area contributed by atoms with Crippen molar-refractivity contribution in [3.8, 4) is 0 Å². The Morgan fingerprint density at radius 2 is 2.09 bits per heavy atom. The molecule has 2 aromatic rings. The van der Waals surface area contributed by atoms with Crippen LogP contribution in [0.5, 0.6) is 0 Å². The highest BCUT2D eigenvalue weighted by Gasteiger charge is 2.27. The number of H-pyrrole nitrogens is 1. The number of rotatable bonds is 5. The van der Waals surface area contributed by atoms with Crippen molar-refractivity contribution in [3.63, 3.8) is 0 Å². The SMILES string of the molecule is O=S(=O)(c1ccc(NCc2cccs2)[nH+]c1)N1CCOCC1. The van der Waals surface area contributed by atoms with Gasteiger partial charge >= 0.3 is 0 Å². The Labute approximate surface area is 133 Å². The van der Waals surface area contributed by atoms with Crippen molar-refractivity contribution in [2.75, 3.05) is 31.6 Å². The van der Waals surface area contributed by atoms with E-state index in [4.69, 9.17) is 4.74 Å². The first-order valence-corrected chi connectivity index (χ1v) is 9.34. The second kappa shape index (κ2) is 6.74. The highest BCUT2D eigenvalue weighted by molar-refractivity contribution is 7.89. The minimum absolute atomic E-state index is 0.274. The van der Waals surface area contributed by atoms with Crippen LogP contribution in [0.4, 0.5) is 5.82 Å². The minimum Gasteiger partial charge on any atom is -0.379 e. The van der Waals surface area contributed by atoms with E-state index in [1.165, 1.54) is 15.4 Å². The van der Waals surface area contributed by atoms with Crippen molar-refractivity contribution >= 4 is 27.2 Å². The van der Waals surface area contributed by atoms with Gasteiger partial charge in [0.25, 0.3) is 5.82 Å². The number of nitrogens with one attached hydrogen (secondary N) is 2. The molecule has 3 rings (SSSR count). The molecule has 1 aliphatic rings. The number of thiophene rings is 1. The molecule has 0 aliphatic carbocycles. The van der Waals surface area contributed by atoms with E-state index in [2.05, 4.69) is 16.4 Å². The van der Waals surface area contributed by atoms with Crippen LogP contribution in [-0.2, 0) is 21.3 Å². The summed E-state index contributed by atoms with van der Waals surface area (Å²) in [5, 5.41) is 5.26. The summed E-state index contributed by atoms with van der Waals surface area (Å²) in [6, 6.07) is 7.43. The number of sulfonamides is 1. The number of anilines is 1. The van der Waals surface area contributed by atoms with Gasteiger partial charge in [-0.3, -0.25) is 5.32 Å². The van der Waals surface area contributed by atoms with E-state index in [0.717, 1.165) is 5.82 Å². The Kier molecular flexibility index (Phi) is 4.72. The molecule has 22 heavy (non-hydrogen) atoms. The normalized spacial score (nSPS) is 16.5. The lowest BCUT2D eigenvalue weighted by atomic mass is 10.4. The summed E-state index contributed by atoms with van der Waals surface area (Å²) in [4.78, 5) is 4.50. The minimum atomic E-state index is -3.44. The van der Waals surface area contributed by atoms with Gasteiger partial charge in [-0.15, -0.1) is 11.3 Å². The van der Waals surface area contributed by atoms with Gasteiger partial charge in [-0.1, -0.05) is 6.07 Å². The van der Waals surface area contributed by atoms with Crippen LogP contribution in [0.25, 0.3) is 0 Å². The van der Waals surface area contributed by atoms with Crippen LogP contribution >= 0.6 is 11.3 Å². The first-order chi connectivity index (χ1) is 10.7. The fourth-order valence-corrected chi connectivity index (χ4v) is 4.23. The van der Waals surface area contributed by atoms with Crippen LogP contribution < -0.4 is 10.3 Å². The van der Waals surface area contributed by atoms with Crippen molar-refractivity contribution < 1.29 is 18.1 Å². The van der Waals surface area contributed by atoms with E-state index in [1.54, 1.807) is 23.5 Å². The van der Waals surface area contributed by atoms with Crippen LogP contribution in [-0.4, -0.2) is 39.0 Å². The zero-order chi connectivity index (χ0) is 15.4. The maximum atomic E-state index is 12.5. The standard InChI is InChI=1S/C14H17N3O3S2/c18-22(19,17-5-7-20-8-6-17)13-3-4-14(16-11-13)15-10-12-2-1-9-21-12/h1-4,9,11H,5-8,10H2,(H,15,16)/p+1. The molecular weight excluding hydrogens is 322 g/mol. The molecule has 1 fully saturated rings. The fourth-order valence-electron chi connectivity index (χ4n) is 2.21. The topological polar surface area (TPSA) is 72.8 Å². The van der Waals surface area contributed by atoms with Crippen molar-refractivity contribution in [1.82, 2.24) is 4.31 Å². The molecular formula is C14H18N3O3S2+. The molecule has 2 aromatic heterocycles. The number of ether oxygens (including phenoxy) is 1. The average molecular weight is 340 g/mol. The number of nitrogens with zero attached hydrogens (tertiary/aromatic N) is 1. The van der Waals surface area contributed by atoms with E-state index >= 15 is 0 Å². The summed E-state index contributed by atoms with van der Waals surface area (Å²) < 4.78 is 31.6. The van der Waals surface area contributed by atoms with Gasteiger partial charge in [-0.05, 0) is 17.5 Å². The molecule has 0 amide bonds. The molecule has 0 aromatic carbocycles. The largest absolute Gasteiger partial charge is 0.379 e. The fraction of sp³-hybridized carbons (Fsp3) is 0.357. The Hall–Kier alpha value is -1.48. The molecule has 0 radical (unpaired) electrons. The van der Waals surface area contributed by atoms with E-state index < -0.39 is 10.0 Å². The van der Waals surface area contributed by atoms with Gasteiger partial charge in [0.15, 0.2) is 0 Å². The lowest BCUT2D eigenvalue weighted by Gasteiger charge is -2.25. The summed E-state index contributed by atoms with van der Waals surface area (Å²) in [5.74, 6) is 0.786. The average Bonchev–Trinajstić information content (AvgIpc) is 3.08. The second-order valence-electron chi connectivity index (χ2n) is 4.89. The number of pyridine rings is 1. The van der Waals surface area contributed by atoms with Gasteiger partial charge < -0.3 is 4.74 Å². The number of aromatic amines is 1. The highest BCUT2D eigenvalue weighted by Crippen LogP contribution is 2.16. The van der Waals surface area contributed by atoms with Crippen LogP contribution in [0.1, 0.15) is 4.88 Å². The van der Waals surface area contributed by atoms with E-state index in [1.807, 2.05) is 11.4 Å². The summed E-state index contributed by atoms with van der Waals surface area (Å²) in [5.41, 5.74) is 0. The Balaban J connectivity index is 1.67. The predicted molar refractivity (Wildman–Crippen MR) is 84.2 cm³/mol. The second-order valence-corrected chi connectivity index (χ2v) is 7.86. The number of hydrogen-bond donors (Lipinski definition) is 1. The third kappa shape index (κ3) is 3.46. The van der Waals surface area contributed by atoms with Crippen molar-refractivity contribution in [2.24, 2.45) is 0 Å². The lowest BCUT2D eigenvalue weighted by Crippen LogP contribution is -2.40. The molecule has 118 valence electrons. The number of hydrogen-bond acceptors (Lipinski definition) is 5. The zero-order valence-electron chi connectivity index (χ0n) is 12.0. The maximum Gasteiger partial charge on any atom is 0.272 e. The molecule has 0 spiro atoms. The third-order valence-electron chi connectivity index (χ3n) is 3.43. The molecule has 0 atom stereocenters. The molecule has 0 bridgehead atoms. The van der Waals surface area contributed by atoms with E-state index in [-0.39, 0.29) is 4.90 Å². The molecule has 8 heteroatoms. The molecule has 1 saturated heterocycles. The van der Waals surface area contributed by atoms with Crippen LogP contribution in [0.2, 0.25) is 0 Å². The Morgan fingerprint density at radius 3 is 2.73 bits per heavy atom. The number of aromatic nitrogens is 1. The van der Waals surface area contributed by atoms with E-state index in [9.17, 15) is 8.42 Å². The van der Waals surface area contributed by atoms with Crippen LogP contribution in [0.15, 0.2) is 40.7 Å². The van der Waals surface area contributed by atoms with Gasteiger partial charge in [0.2, 0.25) is 10.0 Å². The monoisotopic (exact) mass is 340 g/mol. The quantitative estimate of drug-likeness (QED) is 0.887. The highest BCUT2D eigenvalue weighted by atomic mass is 32.2. The van der Waals surface area contributed by atoms with E-state index in [0.29, 0.717) is 32.8 Å².